The lowest BCUT2D eigenvalue weighted by molar-refractivity contribution is 0.930. The topological polar surface area (TPSA) is 63.6 Å². The predicted octanol–water partition coefficient (Wildman–Crippen LogP) is 2.36. The van der Waals surface area contributed by atoms with E-state index in [2.05, 4.69) is 25.5 Å². The molecular weight excluding hydrogens is 254 g/mol. The fraction of sp³-hybridized carbons (Fsp3) is 0.400. The van der Waals surface area contributed by atoms with Gasteiger partial charge >= 0.3 is 0 Å². The summed E-state index contributed by atoms with van der Waals surface area (Å²) in [5, 5.41) is 13.9. The Balaban J connectivity index is 1.93. The molecule has 90 valence electrons. The normalized spacial score (nSPS) is 10.5. The van der Waals surface area contributed by atoms with Crippen LogP contribution in [0.5, 0.6) is 0 Å². The number of rotatable bonds is 5. The lowest BCUT2D eigenvalue weighted by atomic mass is 10.5. The first-order valence-electron chi connectivity index (χ1n) is 5.26. The highest BCUT2D eigenvalue weighted by molar-refractivity contribution is 7.98. The van der Waals surface area contributed by atoms with Crippen LogP contribution in [0.15, 0.2) is 17.4 Å². The quantitative estimate of drug-likeness (QED) is 0.663. The minimum atomic E-state index is 0.756. The number of hydrogen-bond acceptors (Lipinski definition) is 7. The number of nitrogens with zero attached hydrogens (tertiary/aromatic N) is 4. The minimum Gasteiger partial charge on any atom is -0.360 e. The van der Waals surface area contributed by atoms with E-state index in [9.17, 15) is 0 Å². The number of aryl methyl sites for hydroxylation is 1. The zero-order valence-corrected chi connectivity index (χ0v) is 11.3. The molecule has 0 saturated heterocycles. The van der Waals surface area contributed by atoms with Gasteiger partial charge in [-0.3, -0.25) is 0 Å². The van der Waals surface area contributed by atoms with Gasteiger partial charge in [0, 0.05) is 18.4 Å². The molecule has 1 N–H and O–H groups in total. The molecule has 0 saturated carbocycles. The minimum absolute atomic E-state index is 0.756. The van der Waals surface area contributed by atoms with E-state index in [4.69, 9.17) is 0 Å². The second kappa shape index (κ2) is 5.92. The van der Waals surface area contributed by atoms with E-state index in [0.717, 1.165) is 33.3 Å². The van der Waals surface area contributed by atoms with Gasteiger partial charge in [0.1, 0.15) is 5.01 Å². The molecule has 0 amide bonds. The van der Waals surface area contributed by atoms with Crippen molar-refractivity contribution in [1.29, 1.82) is 0 Å². The standard InChI is InChI=1S/C10H13N5S2/c1-3-11-10-15-14-8(17-10)6-16-9-12-5-4-7(2)13-9/h4-5H,3,6H2,1-2H3,(H,11,15). The van der Waals surface area contributed by atoms with Crippen molar-refractivity contribution in [3.63, 3.8) is 0 Å². The maximum absolute atomic E-state index is 4.32. The lowest BCUT2D eigenvalue weighted by Crippen LogP contribution is -1.94. The van der Waals surface area contributed by atoms with Crippen molar-refractivity contribution in [2.75, 3.05) is 11.9 Å². The number of anilines is 1. The van der Waals surface area contributed by atoms with Crippen LogP contribution in [0, 0.1) is 6.92 Å². The summed E-state index contributed by atoms with van der Waals surface area (Å²) in [5.74, 6) is 0.756. The summed E-state index contributed by atoms with van der Waals surface area (Å²) in [5.41, 5.74) is 0.980. The summed E-state index contributed by atoms with van der Waals surface area (Å²) in [7, 11) is 0. The van der Waals surface area contributed by atoms with E-state index in [-0.39, 0.29) is 0 Å². The Labute approximate surface area is 108 Å². The van der Waals surface area contributed by atoms with E-state index < -0.39 is 0 Å². The molecule has 0 aliphatic rings. The molecule has 0 aliphatic carbocycles. The van der Waals surface area contributed by atoms with Crippen molar-refractivity contribution in [2.24, 2.45) is 0 Å². The molecule has 2 rings (SSSR count). The van der Waals surface area contributed by atoms with Crippen LogP contribution >= 0.6 is 23.1 Å². The molecule has 5 nitrogen and oxygen atoms in total. The van der Waals surface area contributed by atoms with Crippen molar-refractivity contribution in [2.45, 2.75) is 24.8 Å². The van der Waals surface area contributed by atoms with Gasteiger partial charge in [-0.2, -0.15) is 0 Å². The third-order valence-electron chi connectivity index (χ3n) is 1.89. The second-order valence-electron chi connectivity index (χ2n) is 3.30. The molecule has 2 aromatic heterocycles. The summed E-state index contributed by atoms with van der Waals surface area (Å²) in [6.07, 6.45) is 1.77. The van der Waals surface area contributed by atoms with Crippen LogP contribution in [-0.2, 0) is 5.75 Å². The van der Waals surface area contributed by atoms with Crippen LogP contribution in [0.25, 0.3) is 0 Å². The zero-order chi connectivity index (χ0) is 12.1. The Kier molecular flexibility index (Phi) is 4.27. The van der Waals surface area contributed by atoms with Crippen molar-refractivity contribution in [3.05, 3.63) is 23.0 Å². The van der Waals surface area contributed by atoms with Crippen molar-refractivity contribution in [1.82, 2.24) is 20.2 Å². The Morgan fingerprint density at radius 3 is 3.06 bits per heavy atom. The number of nitrogens with one attached hydrogen (secondary N) is 1. The van der Waals surface area contributed by atoms with Gasteiger partial charge in [0.05, 0.1) is 5.75 Å². The molecule has 0 fully saturated rings. The molecule has 0 aliphatic heterocycles. The summed E-state index contributed by atoms with van der Waals surface area (Å²) in [6.45, 7) is 4.86. The van der Waals surface area contributed by atoms with Gasteiger partial charge in [0.25, 0.3) is 0 Å². The molecular formula is C10H13N5S2. The number of thioether (sulfide) groups is 1. The fourth-order valence-corrected chi connectivity index (χ4v) is 2.83. The first-order valence-corrected chi connectivity index (χ1v) is 7.07. The van der Waals surface area contributed by atoms with E-state index in [0.29, 0.717) is 0 Å². The van der Waals surface area contributed by atoms with E-state index in [1.807, 2.05) is 19.9 Å². The largest absolute Gasteiger partial charge is 0.360 e. The van der Waals surface area contributed by atoms with Crippen LogP contribution in [0.3, 0.4) is 0 Å². The summed E-state index contributed by atoms with van der Waals surface area (Å²) in [4.78, 5) is 8.51. The molecule has 0 radical (unpaired) electrons. The SMILES string of the molecule is CCNc1nnc(CSc2nccc(C)n2)s1. The van der Waals surface area contributed by atoms with Gasteiger partial charge in [-0.05, 0) is 19.9 Å². The summed E-state index contributed by atoms with van der Waals surface area (Å²) >= 11 is 3.15. The molecule has 0 aromatic carbocycles. The van der Waals surface area contributed by atoms with Crippen molar-refractivity contribution >= 4 is 28.2 Å². The van der Waals surface area contributed by atoms with Gasteiger partial charge in [-0.15, -0.1) is 10.2 Å². The monoisotopic (exact) mass is 267 g/mol. The number of hydrogen-bond donors (Lipinski definition) is 1. The van der Waals surface area contributed by atoms with Crippen LogP contribution in [0.2, 0.25) is 0 Å². The van der Waals surface area contributed by atoms with Crippen LogP contribution in [0.1, 0.15) is 17.6 Å². The average molecular weight is 267 g/mol. The second-order valence-corrected chi connectivity index (χ2v) is 5.31. The third kappa shape index (κ3) is 3.64. The summed E-state index contributed by atoms with van der Waals surface area (Å²) in [6, 6.07) is 1.89. The van der Waals surface area contributed by atoms with Gasteiger partial charge < -0.3 is 5.32 Å². The van der Waals surface area contributed by atoms with Gasteiger partial charge in [-0.25, -0.2) is 9.97 Å². The smallest absolute Gasteiger partial charge is 0.205 e. The maximum atomic E-state index is 4.32. The van der Waals surface area contributed by atoms with E-state index >= 15 is 0 Å². The van der Waals surface area contributed by atoms with E-state index in [1.165, 1.54) is 0 Å². The van der Waals surface area contributed by atoms with Gasteiger partial charge in [0.15, 0.2) is 5.16 Å². The number of aromatic nitrogens is 4. The molecule has 0 spiro atoms. The summed E-state index contributed by atoms with van der Waals surface area (Å²) < 4.78 is 0. The zero-order valence-electron chi connectivity index (χ0n) is 9.67. The van der Waals surface area contributed by atoms with Crippen molar-refractivity contribution < 1.29 is 0 Å². The third-order valence-corrected chi connectivity index (χ3v) is 3.83. The average Bonchev–Trinajstić information content (AvgIpc) is 2.75. The molecule has 0 bridgehead atoms. The highest BCUT2D eigenvalue weighted by Gasteiger charge is 2.05. The highest BCUT2D eigenvalue weighted by atomic mass is 32.2. The van der Waals surface area contributed by atoms with Crippen LogP contribution in [-0.4, -0.2) is 26.7 Å². The molecule has 0 unspecified atom stereocenters. The van der Waals surface area contributed by atoms with Crippen LogP contribution in [0.4, 0.5) is 5.13 Å². The molecule has 7 heteroatoms. The Bertz CT molecular complexity index is 485. The molecule has 0 atom stereocenters. The van der Waals surface area contributed by atoms with Crippen molar-refractivity contribution in [3.8, 4) is 0 Å². The first kappa shape index (κ1) is 12.3. The molecule has 2 heterocycles. The van der Waals surface area contributed by atoms with Gasteiger partial charge in [0.2, 0.25) is 5.13 Å². The molecule has 2 aromatic rings. The van der Waals surface area contributed by atoms with Crippen LogP contribution < -0.4 is 5.32 Å². The molecule has 17 heavy (non-hydrogen) atoms. The maximum Gasteiger partial charge on any atom is 0.205 e. The Morgan fingerprint density at radius 1 is 1.41 bits per heavy atom. The van der Waals surface area contributed by atoms with E-state index in [1.54, 1.807) is 29.3 Å². The predicted molar refractivity (Wildman–Crippen MR) is 70.4 cm³/mol. The Hall–Kier alpha value is -1.21. The lowest BCUT2D eigenvalue weighted by Gasteiger charge is -1.97. The first-order chi connectivity index (χ1) is 8.28. The Morgan fingerprint density at radius 2 is 2.29 bits per heavy atom. The fourth-order valence-electron chi connectivity index (χ4n) is 1.16. The highest BCUT2D eigenvalue weighted by Crippen LogP contribution is 2.23. The van der Waals surface area contributed by atoms with Gasteiger partial charge in [-0.1, -0.05) is 23.1 Å².